The topological polar surface area (TPSA) is 26.3 Å². The number of carbonyl (C=O) groups is 1. The average Bonchev–Trinajstić information content (AvgIpc) is 2.89. The highest BCUT2D eigenvalue weighted by Gasteiger charge is 2.30. The van der Waals surface area contributed by atoms with E-state index in [4.69, 9.17) is 4.74 Å². The number of allylic oxidation sites excluding steroid dienone is 2. The number of unbranched alkanes of at least 4 members (excludes halogenated alkanes) is 4. The fourth-order valence-electron chi connectivity index (χ4n) is 7.14. The zero-order chi connectivity index (χ0) is 24.7. The maximum Gasteiger partial charge on any atom is 0.309 e. The molecular formula is C33H58O2. The van der Waals surface area contributed by atoms with Gasteiger partial charge < -0.3 is 4.74 Å². The molecular weight excluding hydrogens is 428 g/mol. The van der Waals surface area contributed by atoms with E-state index >= 15 is 0 Å². The number of rotatable bonds is 14. The molecule has 0 aromatic carbocycles. The Morgan fingerprint density at radius 2 is 1.17 bits per heavy atom. The average molecular weight is 487 g/mol. The van der Waals surface area contributed by atoms with Gasteiger partial charge in [0.2, 0.25) is 0 Å². The first-order valence-corrected chi connectivity index (χ1v) is 16.0. The molecule has 3 aliphatic carbocycles. The number of hydrogen-bond donors (Lipinski definition) is 0. The molecule has 0 aromatic rings. The maximum absolute atomic E-state index is 12.8. The Bertz CT molecular complexity index is 572. The minimum Gasteiger partial charge on any atom is -0.462 e. The molecule has 0 unspecified atom stereocenters. The zero-order valence-electron chi connectivity index (χ0n) is 23.5. The summed E-state index contributed by atoms with van der Waals surface area (Å²) >= 11 is 0. The molecule has 2 nitrogen and oxygen atoms in total. The van der Waals surface area contributed by atoms with Crippen molar-refractivity contribution in [3.63, 3.8) is 0 Å². The van der Waals surface area contributed by atoms with E-state index in [0.29, 0.717) is 5.92 Å². The normalized spacial score (nSPS) is 32.1. The second-order valence-corrected chi connectivity index (χ2v) is 12.6. The van der Waals surface area contributed by atoms with Crippen molar-refractivity contribution in [2.24, 2.45) is 29.6 Å². The van der Waals surface area contributed by atoms with E-state index in [2.05, 4.69) is 26.0 Å². The van der Waals surface area contributed by atoms with Crippen LogP contribution in [0.3, 0.4) is 0 Å². The molecule has 0 saturated heterocycles. The first-order chi connectivity index (χ1) is 17.2. The third-order valence-corrected chi connectivity index (χ3v) is 9.73. The second-order valence-electron chi connectivity index (χ2n) is 12.6. The van der Waals surface area contributed by atoms with Gasteiger partial charge in [-0.15, -0.1) is 0 Å². The van der Waals surface area contributed by atoms with Crippen LogP contribution in [-0.2, 0) is 9.53 Å². The van der Waals surface area contributed by atoms with Crippen molar-refractivity contribution in [1.29, 1.82) is 0 Å². The third-order valence-electron chi connectivity index (χ3n) is 9.73. The number of ether oxygens (including phenoxy) is 1. The van der Waals surface area contributed by atoms with Crippen LogP contribution in [0, 0.1) is 29.6 Å². The predicted molar refractivity (Wildman–Crippen MR) is 149 cm³/mol. The Hall–Kier alpha value is -0.790. The molecule has 0 aliphatic heterocycles. The van der Waals surface area contributed by atoms with Crippen molar-refractivity contribution >= 4 is 5.97 Å². The highest BCUT2D eigenvalue weighted by Crippen LogP contribution is 2.36. The van der Waals surface area contributed by atoms with Crippen molar-refractivity contribution in [3.8, 4) is 0 Å². The van der Waals surface area contributed by atoms with Crippen molar-refractivity contribution in [1.82, 2.24) is 0 Å². The summed E-state index contributed by atoms with van der Waals surface area (Å²) in [4.78, 5) is 12.8. The van der Waals surface area contributed by atoms with Crippen LogP contribution in [0.4, 0.5) is 0 Å². The zero-order valence-corrected chi connectivity index (χ0v) is 23.5. The fourth-order valence-corrected chi connectivity index (χ4v) is 7.14. The standard InChI is InChI=1S/C33H58O2/c1-3-5-7-11-27-15-17-28(18-16-27)13-9-10-14-29-19-23-31(24-20-29)33(34)35-32-25-21-30(22-26-32)12-8-6-4-2/h10,14,27-32H,3-9,11-13,15-26H2,1-2H3/b14-10+. The lowest BCUT2D eigenvalue weighted by Crippen LogP contribution is -2.30. The number of hydrogen-bond acceptors (Lipinski definition) is 2. The monoisotopic (exact) mass is 486 g/mol. The van der Waals surface area contributed by atoms with Crippen LogP contribution in [0.2, 0.25) is 0 Å². The van der Waals surface area contributed by atoms with E-state index in [0.717, 1.165) is 43.4 Å². The van der Waals surface area contributed by atoms with E-state index in [9.17, 15) is 4.79 Å². The smallest absolute Gasteiger partial charge is 0.309 e. The Labute approximate surface area is 218 Å². The van der Waals surface area contributed by atoms with Gasteiger partial charge in [-0.05, 0) is 87.9 Å². The van der Waals surface area contributed by atoms with Gasteiger partial charge in [-0.3, -0.25) is 4.79 Å². The van der Waals surface area contributed by atoms with Gasteiger partial charge in [0, 0.05) is 0 Å². The molecule has 0 aromatic heterocycles. The highest BCUT2D eigenvalue weighted by atomic mass is 16.5. The molecule has 0 amide bonds. The van der Waals surface area contributed by atoms with Gasteiger partial charge in [-0.2, -0.15) is 0 Å². The van der Waals surface area contributed by atoms with Gasteiger partial charge >= 0.3 is 5.97 Å². The molecule has 2 heteroatoms. The molecule has 3 fully saturated rings. The van der Waals surface area contributed by atoms with E-state index in [1.54, 1.807) is 0 Å². The predicted octanol–water partition coefficient (Wildman–Crippen LogP) is 10.2. The van der Waals surface area contributed by atoms with E-state index < -0.39 is 0 Å². The van der Waals surface area contributed by atoms with Crippen LogP contribution >= 0.6 is 0 Å². The summed E-state index contributed by atoms with van der Waals surface area (Å²) in [6.45, 7) is 4.59. The van der Waals surface area contributed by atoms with Crippen LogP contribution in [-0.4, -0.2) is 12.1 Å². The Kier molecular flexibility index (Phi) is 13.9. The summed E-state index contributed by atoms with van der Waals surface area (Å²) in [6, 6.07) is 0. The SMILES string of the molecule is CCCCCC1CCC(CC/C=C/C2CCC(C(=O)OC3CCC(CCCCC)CC3)CC2)CC1. The summed E-state index contributed by atoms with van der Waals surface area (Å²) in [7, 11) is 0. The molecule has 0 atom stereocenters. The van der Waals surface area contributed by atoms with E-state index in [1.165, 1.54) is 116 Å². The Morgan fingerprint density at radius 3 is 1.71 bits per heavy atom. The van der Waals surface area contributed by atoms with E-state index in [-0.39, 0.29) is 18.0 Å². The minimum atomic E-state index is 0.118. The minimum absolute atomic E-state index is 0.118. The fraction of sp³-hybridized carbons (Fsp3) is 0.909. The molecule has 0 heterocycles. The lowest BCUT2D eigenvalue weighted by Gasteiger charge is -2.31. The van der Waals surface area contributed by atoms with Crippen LogP contribution in [0.1, 0.15) is 155 Å². The first-order valence-electron chi connectivity index (χ1n) is 16.0. The first kappa shape index (κ1) is 28.8. The lowest BCUT2D eigenvalue weighted by atomic mass is 9.78. The van der Waals surface area contributed by atoms with Crippen LogP contribution in [0.5, 0.6) is 0 Å². The summed E-state index contributed by atoms with van der Waals surface area (Å²) in [5.74, 6) is 3.85. The Morgan fingerprint density at radius 1 is 0.657 bits per heavy atom. The number of esters is 1. The van der Waals surface area contributed by atoms with Crippen molar-refractivity contribution < 1.29 is 9.53 Å². The molecule has 3 saturated carbocycles. The van der Waals surface area contributed by atoms with Gasteiger partial charge in [0.1, 0.15) is 6.10 Å². The van der Waals surface area contributed by atoms with Gasteiger partial charge in [0.25, 0.3) is 0 Å². The van der Waals surface area contributed by atoms with Crippen LogP contribution in [0.15, 0.2) is 12.2 Å². The maximum atomic E-state index is 12.8. The molecule has 3 aliphatic rings. The lowest BCUT2D eigenvalue weighted by molar-refractivity contribution is -0.157. The summed E-state index contributed by atoms with van der Waals surface area (Å²) in [5.41, 5.74) is 0. The third kappa shape index (κ3) is 11.0. The summed E-state index contributed by atoms with van der Waals surface area (Å²) in [5, 5.41) is 0. The van der Waals surface area contributed by atoms with Gasteiger partial charge in [0.15, 0.2) is 0 Å². The highest BCUT2D eigenvalue weighted by molar-refractivity contribution is 5.72. The van der Waals surface area contributed by atoms with Gasteiger partial charge in [-0.25, -0.2) is 0 Å². The van der Waals surface area contributed by atoms with Crippen molar-refractivity contribution in [2.75, 3.05) is 0 Å². The molecule has 0 radical (unpaired) electrons. The molecule has 0 N–H and O–H groups in total. The van der Waals surface area contributed by atoms with Gasteiger partial charge in [0.05, 0.1) is 5.92 Å². The molecule has 0 spiro atoms. The molecule has 3 rings (SSSR count). The largest absolute Gasteiger partial charge is 0.462 e. The quantitative estimate of drug-likeness (QED) is 0.139. The van der Waals surface area contributed by atoms with Crippen molar-refractivity contribution in [2.45, 2.75) is 161 Å². The number of carbonyl (C=O) groups excluding carboxylic acids is 1. The van der Waals surface area contributed by atoms with Crippen LogP contribution in [0.25, 0.3) is 0 Å². The van der Waals surface area contributed by atoms with Gasteiger partial charge in [-0.1, -0.05) is 103 Å². The van der Waals surface area contributed by atoms with E-state index in [1.807, 2.05) is 0 Å². The molecule has 0 bridgehead atoms. The summed E-state index contributed by atoms with van der Waals surface area (Å²) < 4.78 is 5.98. The second kappa shape index (κ2) is 16.9. The van der Waals surface area contributed by atoms with Crippen molar-refractivity contribution in [3.05, 3.63) is 12.2 Å². The molecule has 35 heavy (non-hydrogen) atoms. The Balaban J connectivity index is 1.22. The van der Waals surface area contributed by atoms with Crippen LogP contribution < -0.4 is 0 Å². The molecule has 202 valence electrons. The summed E-state index contributed by atoms with van der Waals surface area (Å²) in [6.07, 6.45) is 34.0.